The second kappa shape index (κ2) is 6.14. The Balaban J connectivity index is 2.08. The first kappa shape index (κ1) is 14.7. The summed E-state index contributed by atoms with van der Waals surface area (Å²) in [6.45, 7) is 6.46. The maximum Gasteiger partial charge on any atom is 0.130 e. The van der Waals surface area contributed by atoms with Crippen molar-refractivity contribution in [1.82, 2.24) is 5.32 Å². The Kier molecular flexibility index (Phi) is 4.50. The fourth-order valence-corrected chi connectivity index (χ4v) is 2.21. The van der Waals surface area contributed by atoms with Gasteiger partial charge in [-0.15, -0.1) is 0 Å². The molecule has 0 aromatic heterocycles. The van der Waals surface area contributed by atoms with Gasteiger partial charge in [0.15, 0.2) is 0 Å². The lowest BCUT2D eigenvalue weighted by molar-refractivity contribution is 0.487. The van der Waals surface area contributed by atoms with Crippen molar-refractivity contribution in [2.75, 3.05) is 0 Å². The van der Waals surface area contributed by atoms with E-state index in [0.717, 1.165) is 5.56 Å². The zero-order chi connectivity index (χ0) is 14.7. The van der Waals surface area contributed by atoms with E-state index >= 15 is 0 Å². The lowest BCUT2D eigenvalue weighted by atomic mass is 10.0. The molecule has 0 aliphatic heterocycles. The van der Waals surface area contributed by atoms with Crippen LogP contribution in [0.25, 0.3) is 0 Å². The van der Waals surface area contributed by atoms with Gasteiger partial charge in [0.05, 0.1) is 0 Å². The van der Waals surface area contributed by atoms with E-state index in [1.54, 1.807) is 6.92 Å². The van der Waals surface area contributed by atoms with Gasteiger partial charge >= 0.3 is 0 Å². The number of hydrogen-bond acceptors (Lipinski definition) is 1. The average Bonchev–Trinajstić information content (AvgIpc) is 2.40. The SMILES string of the molecule is Cc1ccc(CNC(C)c2c(F)cccc2F)cc1C. The van der Waals surface area contributed by atoms with Crippen molar-refractivity contribution >= 4 is 0 Å². The second-order valence-electron chi connectivity index (χ2n) is 5.16. The minimum absolute atomic E-state index is 0.0938. The normalized spacial score (nSPS) is 12.4. The number of halogens is 2. The zero-order valence-corrected chi connectivity index (χ0v) is 12.0. The summed E-state index contributed by atoms with van der Waals surface area (Å²) in [6.07, 6.45) is 0. The van der Waals surface area contributed by atoms with Crippen molar-refractivity contribution in [3.8, 4) is 0 Å². The van der Waals surface area contributed by atoms with Crippen molar-refractivity contribution in [3.05, 3.63) is 70.3 Å². The predicted octanol–water partition coefficient (Wildman–Crippen LogP) is 4.43. The van der Waals surface area contributed by atoms with Gasteiger partial charge in [0.25, 0.3) is 0 Å². The van der Waals surface area contributed by atoms with E-state index in [2.05, 4.69) is 31.3 Å². The number of aryl methyl sites for hydroxylation is 2. The molecule has 1 nitrogen and oxygen atoms in total. The third-order valence-corrected chi connectivity index (χ3v) is 3.62. The van der Waals surface area contributed by atoms with Crippen molar-refractivity contribution in [2.24, 2.45) is 0 Å². The van der Waals surface area contributed by atoms with Gasteiger partial charge < -0.3 is 5.32 Å². The molecule has 20 heavy (non-hydrogen) atoms. The van der Waals surface area contributed by atoms with Crippen molar-refractivity contribution < 1.29 is 8.78 Å². The van der Waals surface area contributed by atoms with Gasteiger partial charge in [-0.2, -0.15) is 0 Å². The van der Waals surface area contributed by atoms with Gasteiger partial charge in [-0.25, -0.2) is 8.78 Å². The molecule has 0 heterocycles. The van der Waals surface area contributed by atoms with Crippen LogP contribution in [-0.2, 0) is 6.54 Å². The van der Waals surface area contributed by atoms with E-state index < -0.39 is 11.6 Å². The number of rotatable bonds is 4. The highest BCUT2D eigenvalue weighted by atomic mass is 19.1. The summed E-state index contributed by atoms with van der Waals surface area (Å²) in [6, 6.07) is 9.74. The summed E-state index contributed by atoms with van der Waals surface area (Å²) >= 11 is 0. The first-order valence-corrected chi connectivity index (χ1v) is 6.72. The molecule has 0 radical (unpaired) electrons. The Morgan fingerprint density at radius 1 is 1.00 bits per heavy atom. The summed E-state index contributed by atoms with van der Waals surface area (Å²) in [5.74, 6) is -1.02. The van der Waals surface area contributed by atoms with E-state index in [9.17, 15) is 8.78 Å². The molecule has 2 aromatic carbocycles. The standard InChI is InChI=1S/C17H19F2N/c1-11-7-8-14(9-12(11)2)10-20-13(3)17-15(18)5-4-6-16(17)19/h4-9,13,20H,10H2,1-3H3. The topological polar surface area (TPSA) is 12.0 Å². The van der Waals surface area contributed by atoms with Crippen LogP contribution in [0.1, 0.15) is 35.2 Å². The summed E-state index contributed by atoms with van der Waals surface area (Å²) in [5, 5.41) is 3.16. The molecule has 3 heteroatoms. The maximum absolute atomic E-state index is 13.7. The summed E-state index contributed by atoms with van der Waals surface area (Å²) in [5.41, 5.74) is 3.66. The van der Waals surface area contributed by atoms with Crippen LogP contribution < -0.4 is 5.32 Å². The van der Waals surface area contributed by atoms with Gasteiger partial charge in [0.1, 0.15) is 11.6 Å². The van der Waals surface area contributed by atoms with Crippen LogP contribution in [0.4, 0.5) is 8.78 Å². The highest BCUT2D eigenvalue weighted by Gasteiger charge is 2.15. The van der Waals surface area contributed by atoms with Crippen LogP contribution in [0.3, 0.4) is 0 Å². The lowest BCUT2D eigenvalue weighted by Crippen LogP contribution is -2.20. The first-order chi connectivity index (χ1) is 9.49. The molecule has 0 amide bonds. The van der Waals surface area contributed by atoms with Gasteiger partial charge in [-0.3, -0.25) is 0 Å². The number of nitrogens with one attached hydrogen (secondary N) is 1. The fourth-order valence-electron chi connectivity index (χ4n) is 2.21. The fraction of sp³-hybridized carbons (Fsp3) is 0.294. The van der Waals surface area contributed by atoms with Crippen LogP contribution in [0.15, 0.2) is 36.4 Å². The highest BCUT2D eigenvalue weighted by Crippen LogP contribution is 2.21. The Labute approximate surface area is 118 Å². The Hall–Kier alpha value is -1.74. The molecule has 0 spiro atoms. The van der Waals surface area contributed by atoms with Crippen LogP contribution in [0.2, 0.25) is 0 Å². The third kappa shape index (κ3) is 3.23. The van der Waals surface area contributed by atoms with Crippen LogP contribution in [0.5, 0.6) is 0 Å². The maximum atomic E-state index is 13.7. The quantitative estimate of drug-likeness (QED) is 0.870. The molecular formula is C17H19F2N. The molecule has 0 saturated carbocycles. The zero-order valence-electron chi connectivity index (χ0n) is 12.0. The Bertz CT molecular complexity index is 588. The average molecular weight is 275 g/mol. The number of benzene rings is 2. The molecule has 1 unspecified atom stereocenters. The molecule has 0 bridgehead atoms. The predicted molar refractivity (Wildman–Crippen MR) is 77.5 cm³/mol. The molecule has 0 saturated heterocycles. The van der Waals surface area contributed by atoms with Crippen molar-refractivity contribution in [3.63, 3.8) is 0 Å². The van der Waals surface area contributed by atoms with E-state index in [1.165, 1.54) is 29.3 Å². The second-order valence-corrected chi connectivity index (χ2v) is 5.16. The molecular weight excluding hydrogens is 256 g/mol. The minimum atomic E-state index is -0.509. The Morgan fingerprint density at radius 2 is 1.65 bits per heavy atom. The smallest absolute Gasteiger partial charge is 0.130 e. The van der Waals surface area contributed by atoms with E-state index in [-0.39, 0.29) is 11.6 Å². The highest BCUT2D eigenvalue weighted by molar-refractivity contribution is 5.30. The van der Waals surface area contributed by atoms with Gasteiger partial charge in [-0.1, -0.05) is 24.3 Å². The van der Waals surface area contributed by atoms with Gasteiger partial charge in [-0.05, 0) is 49.6 Å². The minimum Gasteiger partial charge on any atom is -0.306 e. The van der Waals surface area contributed by atoms with E-state index in [1.807, 2.05) is 6.07 Å². The lowest BCUT2D eigenvalue weighted by Gasteiger charge is -2.16. The molecule has 2 rings (SSSR count). The molecule has 1 atom stereocenters. The molecule has 1 N–H and O–H groups in total. The molecule has 2 aromatic rings. The van der Waals surface area contributed by atoms with Crippen LogP contribution >= 0.6 is 0 Å². The van der Waals surface area contributed by atoms with Gasteiger partial charge in [0.2, 0.25) is 0 Å². The van der Waals surface area contributed by atoms with E-state index in [0.29, 0.717) is 6.54 Å². The summed E-state index contributed by atoms with van der Waals surface area (Å²) < 4.78 is 27.3. The Morgan fingerprint density at radius 3 is 2.25 bits per heavy atom. The van der Waals surface area contributed by atoms with Crippen LogP contribution in [0, 0.1) is 25.5 Å². The summed E-state index contributed by atoms with van der Waals surface area (Å²) in [4.78, 5) is 0. The number of hydrogen-bond donors (Lipinski definition) is 1. The van der Waals surface area contributed by atoms with E-state index in [4.69, 9.17) is 0 Å². The van der Waals surface area contributed by atoms with Gasteiger partial charge in [0, 0.05) is 18.2 Å². The van der Waals surface area contributed by atoms with Crippen LogP contribution in [-0.4, -0.2) is 0 Å². The molecule has 0 fully saturated rings. The molecule has 106 valence electrons. The molecule has 0 aliphatic rings. The first-order valence-electron chi connectivity index (χ1n) is 6.72. The summed E-state index contributed by atoms with van der Waals surface area (Å²) in [7, 11) is 0. The largest absolute Gasteiger partial charge is 0.306 e. The third-order valence-electron chi connectivity index (χ3n) is 3.62. The van der Waals surface area contributed by atoms with Crippen molar-refractivity contribution in [2.45, 2.75) is 33.4 Å². The monoisotopic (exact) mass is 275 g/mol. The van der Waals surface area contributed by atoms with Crippen molar-refractivity contribution in [1.29, 1.82) is 0 Å². The molecule has 0 aliphatic carbocycles.